The van der Waals surface area contributed by atoms with Gasteiger partial charge in [-0.05, 0) is 54.6 Å². The van der Waals surface area contributed by atoms with Gasteiger partial charge in [0.05, 0.1) is 16.7 Å². The van der Waals surface area contributed by atoms with E-state index >= 15 is 0 Å². The Morgan fingerprint density at radius 2 is 1.72 bits per heavy atom. The number of pyridine rings is 1. The number of H-pyrrole nitrogens is 1. The van der Waals surface area contributed by atoms with Crippen molar-refractivity contribution >= 4 is 54.9 Å². The first-order valence-corrected chi connectivity index (χ1v) is 10.9. The first-order valence-electron chi connectivity index (χ1n) is 9.77. The topological polar surface area (TPSA) is 24.8 Å². The lowest BCUT2D eigenvalue weighted by atomic mass is 10.1. The van der Waals surface area contributed by atoms with Gasteiger partial charge in [0.1, 0.15) is 5.82 Å². The van der Waals surface area contributed by atoms with Crippen molar-refractivity contribution in [2.75, 3.05) is 0 Å². The largest absolute Gasteiger partial charge is 1.00 e. The number of aromatic nitrogens is 3. The number of fused-ring (bicyclic) bond motifs is 5. The summed E-state index contributed by atoms with van der Waals surface area (Å²) < 4.78 is 18.9. The van der Waals surface area contributed by atoms with Gasteiger partial charge < -0.3 is 17.4 Å². The highest BCUT2D eigenvalue weighted by Crippen LogP contribution is 2.35. The maximum atomic E-state index is 13.8. The molecule has 0 saturated carbocycles. The van der Waals surface area contributed by atoms with Crippen molar-refractivity contribution in [2.45, 2.75) is 0 Å². The molecule has 0 saturated heterocycles. The first kappa shape index (κ1) is 21.0. The molecule has 7 heteroatoms. The van der Waals surface area contributed by atoms with Crippen LogP contribution in [0, 0.1) is 5.82 Å². The van der Waals surface area contributed by atoms with Crippen LogP contribution in [0.2, 0.25) is 5.02 Å². The minimum absolute atomic E-state index is 0. The summed E-state index contributed by atoms with van der Waals surface area (Å²) >= 11 is 10.00. The molecule has 32 heavy (non-hydrogen) atoms. The highest BCUT2D eigenvalue weighted by atomic mass is 79.9. The first-order chi connectivity index (χ1) is 15.1. The predicted octanol–water partition coefficient (Wildman–Crippen LogP) is 4.08. The molecule has 3 aromatic heterocycles. The molecule has 0 amide bonds. The Kier molecular flexibility index (Phi) is 5.20. The van der Waals surface area contributed by atoms with Gasteiger partial charge in [0.25, 0.3) is 6.33 Å². The van der Waals surface area contributed by atoms with E-state index in [2.05, 4.69) is 55.6 Å². The number of halogens is 4. The molecule has 0 radical (unpaired) electrons. The fraction of sp³-hybridized carbons (Fsp3) is 0. The second-order valence-electron chi connectivity index (χ2n) is 7.47. The van der Waals surface area contributed by atoms with Crippen molar-refractivity contribution in [2.24, 2.45) is 0 Å². The molecule has 158 valence electrons. The fourth-order valence-corrected chi connectivity index (χ4v) is 4.78. The fourth-order valence-electron chi connectivity index (χ4n) is 4.26. The summed E-state index contributed by atoms with van der Waals surface area (Å²) in [7, 11) is 0. The Balaban J connectivity index is 0.00000216. The van der Waals surface area contributed by atoms with Crippen molar-refractivity contribution in [3.63, 3.8) is 0 Å². The lowest BCUT2D eigenvalue weighted by Gasteiger charge is -2.05. The van der Waals surface area contributed by atoms with Gasteiger partial charge in [-0.1, -0.05) is 45.7 Å². The van der Waals surface area contributed by atoms with E-state index in [1.165, 1.54) is 17.5 Å². The number of benzene rings is 3. The highest BCUT2D eigenvalue weighted by Gasteiger charge is 2.26. The average molecular weight is 527 g/mol. The van der Waals surface area contributed by atoms with Gasteiger partial charge in [0, 0.05) is 26.3 Å². The van der Waals surface area contributed by atoms with Crippen molar-refractivity contribution in [3.05, 3.63) is 101 Å². The molecule has 0 spiro atoms. The van der Waals surface area contributed by atoms with Crippen molar-refractivity contribution in [1.82, 2.24) is 9.55 Å². The van der Waals surface area contributed by atoms with E-state index in [0.29, 0.717) is 10.7 Å². The second-order valence-corrected chi connectivity index (χ2v) is 8.79. The van der Waals surface area contributed by atoms with Crippen LogP contribution in [0.5, 0.6) is 0 Å². The molecule has 0 fully saturated rings. The van der Waals surface area contributed by atoms with Crippen LogP contribution < -0.4 is 16.8 Å². The van der Waals surface area contributed by atoms with E-state index in [1.807, 2.05) is 41.4 Å². The number of hydrogen-bond acceptors (Lipinski definition) is 0. The maximum absolute atomic E-state index is 13.8. The third-order valence-corrected chi connectivity index (χ3v) is 6.47. The molecule has 6 aromatic rings. The van der Waals surface area contributed by atoms with Crippen molar-refractivity contribution in [3.8, 4) is 16.9 Å². The van der Waals surface area contributed by atoms with Gasteiger partial charge in [-0.3, -0.25) is 0 Å². The summed E-state index contributed by atoms with van der Waals surface area (Å²) in [6, 6.07) is 23.0. The number of hydrogen-bond donors (Lipinski definition) is 1. The molecule has 0 aliphatic rings. The number of nitrogens with one attached hydrogen (secondary N) is 1. The van der Waals surface area contributed by atoms with Crippen molar-refractivity contribution in [1.29, 1.82) is 0 Å². The third kappa shape index (κ3) is 3.20. The van der Waals surface area contributed by atoms with E-state index in [4.69, 9.17) is 11.6 Å². The number of imidazole rings is 1. The molecule has 0 bridgehead atoms. The molecule has 3 nitrogen and oxygen atoms in total. The molecular formula is C25H15BrCl2FN3. The lowest BCUT2D eigenvalue weighted by Crippen LogP contribution is -3.00. The Bertz CT molecular complexity index is 1620. The number of para-hydroxylation sites is 1. The lowest BCUT2D eigenvalue weighted by molar-refractivity contribution is -0.510. The van der Waals surface area contributed by atoms with Crippen LogP contribution in [-0.4, -0.2) is 9.55 Å². The number of aromatic amines is 1. The van der Waals surface area contributed by atoms with Gasteiger partial charge in [-0.2, -0.15) is 8.97 Å². The van der Waals surface area contributed by atoms with E-state index in [0.717, 1.165) is 37.7 Å². The van der Waals surface area contributed by atoms with Crippen LogP contribution in [-0.2, 0) is 0 Å². The third-order valence-electron chi connectivity index (χ3n) is 5.64. The summed E-state index contributed by atoms with van der Waals surface area (Å²) in [6.07, 6.45) is 4.03. The molecule has 0 aliphatic carbocycles. The minimum Gasteiger partial charge on any atom is -1.00 e. The molecule has 3 heterocycles. The zero-order valence-electron chi connectivity index (χ0n) is 16.5. The van der Waals surface area contributed by atoms with E-state index in [9.17, 15) is 4.39 Å². The van der Waals surface area contributed by atoms with Crippen molar-refractivity contribution < 1.29 is 21.2 Å². The maximum Gasteiger partial charge on any atom is 0.254 e. The molecule has 0 unspecified atom stereocenters. The summed E-state index contributed by atoms with van der Waals surface area (Å²) in [4.78, 5) is 3.59. The van der Waals surface area contributed by atoms with Gasteiger partial charge in [-0.25, -0.2) is 4.39 Å². The molecule has 0 atom stereocenters. The Hall–Kier alpha value is -2.86. The Morgan fingerprint density at radius 1 is 0.938 bits per heavy atom. The standard InChI is InChI=1S/C25H15BrClFN3.ClH/c26-16-7-5-15(6-8-16)24-25-23-19(18-3-1-2-4-21(18)29-23)11-12-30(25)14-31(24)22-10-9-17(28)13-20(22)27;/h1-14,29H;1H/q+1;/p-1. The number of nitrogens with zero attached hydrogens (tertiary/aromatic N) is 2. The van der Waals surface area contributed by atoms with Crippen LogP contribution >= 0.6 is 27.5 Å². The van der Waals surface area contributed by atoms with Crippen LogP contribution in [0.1, 0.15) is 0 Å². The van der Waals surface area contributed by atoms with Crippen LogP contribution in [0.15, 0.2) is 89.8 Å². The van der Waals surface area contributed by atoms with Gasteiger partial charge >= 0.3 is 0 Å². The second kappa shape index (κ2) is 7.93. The molecule has 3 aromatic carbocycles. The van der Waals surface area contributed by atoms with E-state index in [1.54, 1.807) is 6.07 Å². The smallest absolute Gasteiger partial charge is 0.254 e. The van der Waals surface area contributed by atoms with E-state index < -0.39 is 0 Å². The number of rotatable bonds is 2. The quantitative estimate of drug-likeness (QED) is 0.329. The zero-order chi connectivity index (χ0) is 21.1. The van der Waals surface area contributed by atoms with Crippen LogP contribution in [0.4, 0.5) is 4.39 Å². The normalized spacial score (nSPS) is 11.3. The van der Waals surface area contributed by atoms with Gasteiger partial charge in [0.2, 0.25) is 5.52 Å². The molecule has 0 aliphatic heterocycles. The summed E-state index contributed by atoms with van der Waals surface area (Å²) in [6.45, 7) is 0. The van der Waals surface area contributed by atoms with Crippen LogP contribution in [0.3, 0.4) is 0 Å². The Labute approximate surface area is 202 Å². The molecule has 1 N–H and O–H groups in total. The summed E-state index contributed by atoms with van der Waals surface area (Å²) in [5.74, 6) is -0.360. The van der Waals surface area contributed by atoms with Gasteiger partial charge in [-0.15, -0.1) is 0 Å². The Morgan fingerprint density at radius 3 is 2.50 bits per heavy atom. The summed E-state index contributed by atoms with van der Waals surface area (Å²) in [5.41, 5.74) is 5.86. The SMILES string of the molecule is Fc1ccc(-n2c[n+]3ccc4c5ccccc5[nH]c4c3c2-c2ccc(Br)cc2)c(Cl)c1.[Cl-]. The average Bonchev–Trinajstić information content (AvgIpc) is 3.33. The van der Waals surface area contributed by atoms with Crippen LogP contribution in [0.25, 0.3) is 44.3 Å². The predicted molar refractivity (Wildman–Crippen MR) is 126 cm³/mol. The molecular weight excluding hydrogens is 512 g/mol. The van der Waals surface area contributed by atoms with Gasteiger partial charge in [0.15, 0.2) is 11.4 Å². The minimum atomic E-state index is -0.360. The molecule has 6 rings (SSSR count). The highest BCUT2D eigenvalue weighted by molar-refractivity contribution is 9.10. The zero-order valence-corrected chi connectivity index (χ0v) is 19.6. The van der Waals surface area contributed by atoms with E-state index in [-0.39, 0.29) is 18.2 Å². The monoisotopic (exact) mass is 525 g/mol. The summed E-state index contributed by atoms with van der Waals surface area (Å²) in [5, 5.41) is 2.68.